The zero-order valence-corrected chi connectivity index (χ0v) is 20.0. The minimum absolute atomic E-state index is 0.0156. The van der Waals surface area contributed by atoms with E-state index in [-0.39, 0.29) is 11.3 Å². The van der Waals surface area contributed by atoms with Gasteiger partial charge in [0.15, 0.2) is 5.16 Å². The van der Waals surface area contributed by atoms with Gasteiger partial charge in [0.1, 0.15) is 22.6 Å². The maximum Gasteiger partial charge on any atom is 0.349 e. The van der Waals surface area contributed by atoms with Crippen LogP contribution in [0.4, 0.5) is 0 Å². The summed E-state index contributed by atoms with van der Waals surface area (Å²) in [6.45, 7) is 1.83. The Morgan fingerprint density at radius 3 is 2.43 bits per heavy atom. The molecule has 35 heavy (non-hydrogen) atoms. The summed E-state index contributed by atoms with van der Waals surface area (Å²) in [7, 11) is 1.61. The number of methoxy groups -OCH3 is 1. The number of hydrogen-bond acceptors (Lipinski definition) is 7. The lowest BCUT2D eigenvalue weighted by Crippen LogP contribution is -2.07. The minimum atomic E-state index is -0.650. The molecule has 0 atom stereocenters. The van der Waals surface area contributed by atoms with Crippen LogP contribution in [0.5, 0.6) is 11.5 Å². The number of aryl methyl sites for hydroxylation is 1. The van der Waals surface area contributed by atoms with Gasteiger partial charge in [-0.1, -0.05) is 54.2 Å². The van der Waals surface area contributed by atoms with E-state index in [2.05, 4.69) is 4.98 Å². The molecule has 0 unspecified atom stereocenters. The standard InChI is InChI=1S/C28H22N2O4S/c1-17-7-6-10-21-25(31)24(27(32)34-26(17)21)23-15-22(19-11-13-20(33-2)14-12-19)29-28(30-23)35-16-18-8-4-3-5-9-18/h3-15,31H,16H2,1-2H3. The molecule has 0 bridgehead atoms. The van der Waals surface area contributed by atoms with Crippen molar-refractivity contribution in [2.45, 2.75) is 17.8 Å². The Balaban J connectivity index is 1.65. The third-order valence-corrected chi connectivity index (χ3v) is 6.58. The average Bonchev–Trinajstić information content (AvgIpc) is 2.89. The quantitative estimate of drug-likeness (QED) is 0.174. The van der Waals surface area contributed by atoms with E-state index in [1.54, 1.807) is 19.2 Å². The summed E-state index contributed by atoms with van der Waals surface area (Å²) in [6, 6.07) is 24.5. The molecule has 0 aliphatic carbocycles. The van der Waals surface area contributed by atoms with E-state index < -0.39 is 5.63 Å². The molecular formula is C28H22N2O4S. The normalized spacial score (nSPS) is 11.0. The first-order valence-corrected chi connectivity index (χ1v) is 12.0. The van der Waals surface area contributed by atoms with Crippen molar-refractivity contribution in [3.8, 4) is 34.0 Å². The summed E-state index contributed by atoms with van der Waals surface area (Å²) in [5.41, 5.74) is 3.37. The smallest absolute Gasteiger partial charge is 0.349 e. The Bertz CT molecular complexity index is 1560. The van der Waals surface area contributed by atoms with Crippen LogP contribution in [0.1, 0.15) is 11.1 Å². The molecule has 0 spiro atoms. The van der Waals surface area contributed by atoms with Crippen LogP contribution in [-0.4, -0.2) is 22.2 Å². The van der Waals surface area contributed by atoms with Crippen LogP contribution in [0, 0.1) is 6.92 Å². The highest BCUT2D eigenvalue weighted by atomic mass is 32.2. The third kappa shape index (κ3) is 4.63. The number of nitrogens with zero attached hydrogens (tertiary/aromatic N) is 2. The second-order valence-corrected chi connectivity index (χ2v) is 8.93. The molecule has 6 nitrogen and oxygen atoms in total. The van der Waals surface area contributed by atoms with Crippen LogP contribution in [0.25, 0.3) is 33.5 Å². The zero-order chi connectivity index (χ0) is 24.4. The van der Waals surface area contributed by atoms with Crippen molar-refractivity contribution in [3.63, 3.8) is 0 Å². The van der Waals surface area contributed by atoms with Gasteiger partial charge in [-0.3, -0.25) is 0 Å². The van der Waals surface area contributed by atoms with Crippen molar-refractivity contribution >= 4 is 22.7 Å². The van der Waals surface area contributed by atoms with Gasteiger partial charge in [-0.05, 0) is 54.4 Å². The highest BCUT2D eigenvalue weighted by Crippen LogP contribution is 2.36. The fourth-order valence-corrected chi connectivity index (χ4v) is 4.64. The van der Waals surface area contributed by atoms with Gasteiger partial charge in [0.2, 0.25) is 0 Å². The SMILES string of the molecule is COc1ccc(-c2cc(-c3c(O)c4cccc(C)c4oc3=O)nc(SCc3ccccc3)n2)cc1. The average molecular weight is 483 g/mol. The van der Waals surface area contributed by atoms with E-state index in [0.29, 0.717) is 33.3 Å². The van der Waals surface area contributed by atoms with Crippen LogP contribution >= 0.6 is 11.8 Å². The van der Waals surface area contributed by atoms with E-state index in [1.165, 1.54) is 11.8 Å². The first kappa shape index (κ1) is 22.7. The lowest BCUT2D eigenvalue weighted by molar-refractivity contribution is 0.415. The number of fused-ring (bicyclic) bond motifs is 1. The van der Waals surface area contributed by atoms with Crippen LogP contribution in [0.15, 0.2) is 93.2 Å². The molecule has 0 aliphatic rings. The van der Waals surface area contributed by atoms with Crippen LogP contribution in [0.3, 0.4) is 0 Å². The van der Waals surface area contributed by atoms with Crippen LogP contribution < -0.4 is 10.4 Å². The molecule has 0 radical (unpaired) electrons. The maximum atomic E-state index is 13.0. The van der Waals surface area contributed by atoms with Gasteiger partial charge >= 0.3 is 5.63 Å². The van der Waals surface area contributed by atoms with Gasteiger partial charge in [-0.15, -0.1) is 0 Å². The predicted octanol–water partition coefficient (Wildman–Crippen LogP) is 6.23. The highest BCUT2D eigenvalue weighted by Gasteiger charge is 2.20. The molecule has 0 aliphatic heterocycles. The summed E-state index contributed by atoms with van der Waals surface area (Å²) >= 11 is 1.46. The second kappa shape index (κ2) is 9.64. The lowest BCUT2D eigenvalue weighted by Gasteiger charge is -2.11. The molecule has 1 N–H and O–H groups in total. The molecule has 0 fully saturated rings. The molecule has 2 heterocycles. The van der Waals surface area contributed by atoms with Gasteiger partial charge in [-0.2, -0.15) is 0 Å². The predicted molar refractivity (Wildman–Crippen MR) is 138 cm³/mol. The number of benzene rings is 3. The van der Waals surface area contributed by atoms with E-state index in [1.807, 2.05) is 73.7 Å². The minimum Gasteiger partial charge on any atom is -0.506 e. The summed E-state index contributed by atoms with van der Waals surface area (Å²) in [5, 5.41) is 12.0. The molecule has 0 saturated heterocycles. The highest BCUT2D eigenvalue weighted by molar-refractivity contribution is 7.98. The lowest BCUT2D eigenvalue weighted by atomic mass is 10.1. The number of para-hydroxylation sites is 1. The molecule has 7 heteroatoms. The maximum absolute atomic E-state index is 13.0. The Kier molecular flexibility index (Phi) is 6.25. The van der Waals surface area contributed by atoms with E-state index in [4.69, 9.17) is 14.1 Å². The fraction of sp³-hybridized carbons (Fsp3) is 0.107. The number of rotatable bonds is 6. The summed E-state index contributed by atoms with van der Waals surface area (Å²) < 4.78 is 10.9. The largest absolute Gasteiger partial charge is 0.506 e. The van der Waals surface area contributed by atoms with Gasteiger partial charge in [0, 0.05) is 11.3 Å². The summed E-state index contributed by atoms with van der Waals surface area (Å²) in [4.78, 5) is 22.4. The molecule has 0 saturated carbocycles. The molecule has 2 aromatic heterocycles. The molecule has 3 aromatic carbocycles. The Labute approximate surface area is 206 Å². The third-order valence-electron chi connectivity index (χ3n) is 5.66. The monoisotopic (exact) mass is 482 g/mol. The Morgan fingerprint density at radius 2 is 1.69 bits per heavy atom. The van der Waals surface area contributed by atoms with Gasteiger partial charge < -0.3 is 14.3 Å². The summed E-state index contributed by atoms with van der Waals surface area (Å²) in [5.74, 6) is 1.23. The van der Waals surface area contributed by atoms with Crippen molar-refractivity contribution < 1.29 is 14.3 Å². The number of aromatic nitrogens is 2. The number of thioether (sulfide) groups is 1. The van der Waals surface area contributed by atoms with Crippen LogP contribution in [0.2, 0.25) is 0 Å². The molecule has 5 aromatic rings. The fourth-order valence-electron chi connectivity index (χ4n) is 3.82. The Morgan fingerprint density at radius 1 is 0.943 bits per heavy atom. The molecular weight excluding hydrogens is 460 g/mol. The second-order valence-electron chi connectivity index (χ2n) is 7.99. The van der Waals surface area contributed by atoms with E-state index in [0.717, 1.165) is 22.4 Å². The van der Waals surface area contributed by atoms with Crippen molar-refractivity contribution in [3.05, 3.63) is 100 Å². The topological polar surface area (TPSA) is 85.5 Å². The van der Waals surface area contributed by atoms with Crippen molar-refractivity contribution in [1.82, 2.24) is 9.97 Å². The van der Waals surface area contributed by atoms with Gasteiger partial charge in [0.05, 0.1) is 23.9 Å². The van der Waals surface area contributed by atoms with Gasteiger partial charge in [-0.25, -0.2) is 14.8 Å². The van der Waals surface area contributed by atoms with Crippen molar-refractivity contribution in [2.75, 3.05) is 7.11 Å². The van der Waals surface area contributed by atoms with Gasteiger partial charge in [0.25, 0.3) is 0 Å². The number of hydrogen-bond donors (Lipinski definition) is 1. The van der Waals surface area contributed by atoms with E-state index in [9.17, 15) is 9.90 Å². The number of ether oxygens (including phenoxy) is 1. The molecule has 5 rings (SSSR count). The van der Waals surface area contributed by atoms with Crippen molar-refractivity contribution in [1.29, 1.82) is 0 Å². The number of aromatic hydroxyl groups is 1. The molecule has 174 valence electrons. The Hall–Kier alpha value is -4.10. The van der Waals surface area contributed by atoms with Crippen molar-refractivity contribution in [2.24, 2.45) is 0 Å². The van der Waals surface area contributed by atoms with Crippen LogP contribution in [-0.2, 0) is 5.75 Å². The van der Waals surface area contributed by atoms with E-state index >= 15 is 0 Å². The first-order chi connectivity index (χ1) is 17.0. The first-order valence-electron chi connectivity index (χ1n) is 11.0. The summed E-state index contributed by atoms with van der Waals surface area (Å²) in [6.07, 6.45) is 0. The zero-order valence-electron chi connectivity index (χ0n) is 19.2. The molecule has 0 amide bonds.